The Balaban J connectivity index is 3.23. The van der Waals surface area contributed by atoms with Crippen LogP contribution in [0.15, 0.2) is 4.90 Å². The lowest BCUT2D eigenvalue weighted by molar-refractivity contribution is 0.121. The number of nitrogens with one attached hydrogen (secondary N) is 1. The van der Waals surface area contributed by atoms with Crippen LogP contribution in [0.1, 0.15) is 18.3 Å². The van der Waals surface area contributed by atoms with E-state index in [1.165, 1.54) is 11.6 Å². The van der Waals surface area contributed by atoms with Gasteiger partial charge < -0.3 is 10.2 Å². The second-order valence-electron chi connectivity index (χ2n) is 4.61. The van der Waals surface area contributed by atoms with Gasteiger partial charge in [0.05, 0.1) is 30.1 Å². The van der Waals surface area contributed by atoms with Crippen molar-refractivity contribution in [3.63, 3.8) is 0 Å². The molecule has 3 N–H and O–H groups in total. The van der Waals surface area contributed by atoms with Crippen molar-refractivity contribution in [2.45, 2.75) is 31.2 Å². The molecule has 0 unspecified atom stereocenters. The number of sulfonamides is 1. The molecule has 0 aromatic carbocycles. The summed E-state index contributed by atoms with van der Waals surface area (Å²) < 4.78 is 28.2. The molecule has 8 heteroatoms. The summed E-state index contributed by atoms with van der Waals surface area (Å²) in [7, 11) is -2.18. The molecule has 0 saturated carbocycles. The minimum Gasteiger partial charge on any atom is -0.394 e. The average Bonchev–Trinajstić information content (AvgIpc) is 2.52. The van der Waals surface area contributed by atoms with E-state index in [9.17, 15) is 8.42 Å². The van der Waals surface area contributed by atoms with Gasteiger partial charge in [-0.2, -0.15) is 5.10 Å². The minimum atomic E-state index is -3.84. The maximum atomic E-state index is 12.2. The Morgan fingerprint density at radius 2 is 1.83 bits per heavy atom. The molecule has 0 fully saturated rings. The van der Waals surface area contributed by atoms with E-state index in [4.69, 9.17) is 10.2 Å². The molecule has 1 aromatic rings. The highest BCUT2D eigenvalue weighted by Crippen LogP contribution is 2.20. The molecule has 0 bridgehead atoms. The van der Waals surface area contributed by atoms with Crippen LogP contribution < -0.4 is 4.72 Å². The van der Waals surface area contributed by atoms with E-state index in [-0.39, 0.29) is 4.90 Å². The van der Waals surface area contributed by atoms with Crippen LogP contribution in [0.5, 0.6) is 0 Å². The summed E-state index contributed by atoms with van der Waals surface area (Å²) in [5.74, 6) is 0. The van der Waals surface area contributed by atoms with Crippen LogP contribution in [0, 0.1) is 13.8 Å². The van der Waals surface area contributed by atoms with Crippen molar-refractivity contribution in [2.24, 2.45) is 7.05 Å². The summed E-state index contributed by atoms with van der Waals surface area (Å²) in [6, 6.07) is 0. The van der Waals surface area contributed by atoms with E-state index in [1.54, 1.807) is 20.9 Å². The summed E-state index contributed by atoms with van der Waals surface area (Å²) in [6.45, 7) is 3.66. The number of hydrogen-bond acceptors (Lipinski definition) is 5. The molecule has 0 aliphatic carbocycles. The van der Waals surface area contributed by atoms with E-state index < -0.39 is 28.8 Å². The van der Waals surface area contributed by atoms with Gasteiger partial charge in [0, 0.05) is 7.05 Å². The quantitative estimate of drug-likeness (QED) is 0.644. The van der Waals surface area contributed by atoms with Crippen molar-refractivity contribution in [1.82, 2.24) is 14.5 Å². The van der Waals surface area contributed by atoms with Crippen LogP contribution in [-0.4, -0.2) is 47.2 Å². The molecule has 1 heterocycles. The molecule has 0 spiro atoms. The molecule has 0 aliphatic heterocycles. The molecule has 0 radical (unpaired) electrons. The summed E-state index contributed by atoms with van der Waals surface area (Å²) in [6.07, 6.45) is 0. The van der Waals surface area contributed by atoms with E-state index in [2.05, 4.69) is 9.82 Å². The first-order valence-electron chi connectivity index (χ1n) is 5.43. The average molecular weight is 277 g/mol. The van der Waals surface area contributed by atoms with Crippen molar-refractivity contribution < 1.29 is 18.6 Å². The normalized spacial score (nSPS) is 13.0. The number of nitrogens with zero attached hydrogens (tertiary/aromatic N) is 2. The number of rotatable bonds is 5. The van der Waals surface area contributed by atoms with Gasteiger partial charge in [0.2, 0.25) is 10.0 Å². The standard InChI is InChI=1S/C10H19N3O4S/c1-7-9(8(2)13(4)11-7)18(16,17)12-10(3,5-14)6-15/h12,14-15H,5-6H2,1-4H3. The Morgan fingerprint density at radius 3 is 2.17 bits per heavy atom. The lowest BCUT2D eigenvalue weighted by Gasteiger charge is -2.25. The molecule has 1 rings (SSSR count). The van der Waals surface area contributed by atoms with Crippen LogP contribution >= 0.6 is 0 Å². The highest BCUT2D eigenvalue weighted by atomic mass is 32.2. The third-order valence-electron chi connectivity index (χ3n) is 2.79. The molecule has 0 atom stereocenters. The smallest absolute Gasteiger partial charge is 0.244 e. The van der Waals surface area contributed by atoms with Gasteiger partial charge in [-0.1, -0.05) is 0 Å². The third-order valence-corrected chi connectivity index (χ3v) is 4.68. The fourth-order valence-electron chi connectivity index (χ4n) is 1.63. The zero-order valence-corrected chi connectivity index (χ0v) is 11.7. The fraction of sp³-hybridized carbons (Fsp3) is 0.700. The number of aryl methyl sites for hydroxylation is 2. The molecule has 104 valence electrons. The fourth-order valence-corrected chi connectivity index (χ4v) is 3.46. The minimum absolute atomic E-state index is 0.0816. The zero-order chi connectivity index (χ0) is 14.1. The van der Waals surface area contributed by atoms with Crippen LogP contribution in [0.3, 0.4) is 0 Å². The van der Waals surface area contributed by atoms with Gasteiger partial charge in [0.15, 0.2) is 0 Å². The molecule has 0 aliphatic rings. The lowest BCUT2D eigenvalue weighted by atomic mass is 10.1. The summed E-state index contributed by atoms with van der Waals surface area (Å²) in [4.78, 5) is 0.0816. The molecular weight excluding hydrogens is 258 g/mol. The molecule has 0 amide bonds. The van der Waals surface area contributed by atoms with Gasteiger partial charge in [-0.05, 0) is 20.8 Å². The second kappa shape index (κ2) is 4.96. The summed E-state index contributed by atoms with van der Waals surface area (Å²) in [5, 5.41) is 22.3. The maximum absolute atomic E-state index is 12.2. The van der Waals surface area contributed by atoms with Crippen LogP contribution in [-0.2, 0) is 17.1 Å². The molecule has 7 nitrogen and oxygen atoms in total. The Hall–Kier alpha value is -0.960. The van der Waals surface area contributed by atoms with Gasteiger partial charge >= 0.3 is 0 Å². The first-order valence-corrected chi connectivity index (χ1v) is 6.91. The molecular formula is C10H19N3O4S. The predicted octanol–water partition coefficient (Wildman–Crippen LogP) is -0.941. The second-order valence-corrected chi connectivity index (χ2v) is 6.23. The number of aliphatic hydroxyl groups excluding tert-OH is 2. The molecule has 0 saturated heterocycles. The van der Waals surface area contributed by atoms with Gasteiger partial charge in [-0.3, -0.25) is 4.68 Å². The lowest BCUT2D eigenvalue weighted by Crippen LogP contribution is -2.51. The Labute approximate surface area is 106 Å². The zero-order valence-electron chi connectivity index (χ0n) is 10.9. The first kappa shape index (κ1) is 15.1. The van der Waals surface area contributed by atoms with Crippen molar-refractivity contribution in [3.8, 4) is 0 Å². The molecule has 18 heavy (non-hydrogen) atoms. The van der Waals surface area contributed by atoms with E-state index in [0.717, 1.165) is 0 Å². The Bertz CT molecular complexity index is 532. The number of aromatic nitrogens is 2. The summed E-state index contributed by atoms with van der Waals surface area (Å²) in [5.41, 5.74) is -0.424. The van der Waals surface area contributed by atoms with Crippen LogP contribution in [0.4, 0.5) is 0 Å². The number of aliphatic hydroxyl groups is 2. The van der Waals surface area contributed by atoms with Gasteiger partial charge in [-0.25, -0.2) is 13.1 Å². The van der Waals surface area contributed by atoms with Crippen molar-refractivity contribution >= 4 is 10.0 Å². The van der Waals surface area contributed by atoms with E-state index in [0.29, 0.717) is 11.4 Å². The van der Waals surface area contributed by atoms with Crippen molar-refractivity contribution in [1.29, 1.82) is 0 Å². The largest absolute Gasteiger partial charge is 0.394 e. The summed E-state index contributed by atoms with van der Waals surface area (Å²) >= 11 is 0. The van der Waals surface area contributed by atoms with Gasteiger partial charge in [-0.15, -0.1) is 0 Å². The van der Waals surface area contributed by atoms with E-state index in [1.807, 2.05) is 0 Å². The maximum Gasteiger partial charge on any atom is 0.244 e. The van der Waals surface area contributed by atoms with Crippen molar-refractivity contribution in [3.05, 3.63) is 11.4 Å². The first-order chi connectivity index (χ1) is 8.17. The van der Waals surface area contributed by atoms with Crippen molar-refractivity contribution in [2.75, 3.05) is 13.2 Å². The third kappa shape index (κ3) is 2.72. The van der Waals surface area contributed by atoms with Crippen LogP contribution in [0.2, 0.25) is 0 Å². The van der Waals surface area contributed by atoms with E-state index >= 15 is 0 Å². The topological polar surface area (TPSA) is 104 Å². The number of hydrogen-bond donors (Lipinski definition) is 3. The highest BCUT2D eigenvalue weighted by Gasteiger charge is 2.32. The van der Waals surface area contributed by atoms with Gasteiger partial charge in [0.1, 0.15) is 4.90 Å². The van der Waals surface area contributed by atoms with Crippen LogP contribution in [0.25, 0.3) is 0 Å². The molecule has 1 aromatic heterocycles. The Morgan fingerprint density at radius 1 is 1.33 bits per heavy atom. The SMILES string of the molecule is Cc1nn(C)c(C)c1S(=O)(=O)NC(C)(CO)CO. The monoisotopic (exact) mass is 277 g/mol. The predicted molar refractivity (Wildman–Crippen MR) is 65.6 cm³/mol. The highest BCUT2D eigenvalue weighted by molar-refractivity contribution is 7.89. The van der Waals surface area contributed by atoms with Gasteiger partial charge in [0.25, 0.3) is 0 Å². The Kier molecular flexibility index (Phi) is 4.16.